The van der Waals surface area contributed by atoms with Gasteiger partial charge in [-0.25, -0.2) is 4.68 Å². The van der Waals surface area contributed by atoms with Gasteiger partial charge in [0.2, 0.25) is 0 Å². The van der Waals surface area contributed by atoms with Gasteiger partial charge in [-0.15, -0.1) is 0 Å². The summed E-state index contributed by atoms with van der Waals surface area (Å²) in [5.74, 6) is 0. The van der Waals surface area contributed by atoms with Gasteiger partial charge in [-0.2, -0.15) is 5.10 Å². The standard InChI is InChI=1S/C54H34N6.C3H8/c1-7-24-46-38(16-1)39-17-2-8-25-47(39)58(46)52-31-36(57-34-44-37(22-13-23-45(44)56-57)35-15-14-30-55-33-35)32-53(59-48-26-9-3-18-40(48)41-19-4-10-27-49(41)59)54(52)60-50-28-11-5-20-42(50)43-21-6-12-29-51(43)60;1-3-2/h1-34H;3H2,1-2H3. The molecule has 0 radical (unpaired) electrons. The first-order valence-corrected chi connectivity index (χ1v) is 21.7. The van der Waals surface area contributed by atoms with E-state index in [0.29, 0.717) is 0 Å². The van der Waals surface area contributed by atoms with E-state index in [9.17, 15) is 0 Å². The van der Waals surface area contributed by atoms with E-state index in [4.69, 9.17) is 5.10 Å². The zero-order chi connectivity index (χ0) is 42.0. The van der Waals surface area contributed by atoms with Crippen LogP contribution in [0.1, 0.15) is 20.3 Å². The Balaban J connectivity index is 0.00000137. The van der Waals surface area contributed by atoms with E-state index in [2.05, 4.69) is 225 Å². The molecule has 0 atom stereocenters. The van der Waals surface area contributed by atoms with Crippen molar-refractivity contribution in [1.82, 2.24) is 28.5 Å². The molecule has 0 unspecified atom stereocenters. The van der Waals surface area contributed by atoms with Gasteiger partial charge in [0.1, 0.15) is 0 Å². The largest absolute Gasteiger partial charge is 0.307 e. The molecule has 0 aliphatic carbocycles. The first kappa shape index (κ1) is 36.6. The Labute approximate surface area is 364 Å². The van der Waals surface area contributed by atoms with E-state index in [1.54, 1.807) is 0 Å². The van der Waals surface area contributed by atoms with Crippen LogP contribution in [0.25, 0.3) is 110 Å². The minimum Gasteiger partial charge on any atom is -0.307 e. The van der Waals surface area contributed by atoms with Crippen molar-refractivity contribution in [3.8, 4) is 33.9 Å². The number of hydrogen-bond acceptors (Lipinski definition) is 2. The summed E-state index contributed by atoms with van der Waals surface area (Å²) in [5, 5.41) is 13.6. The average Bonchev–Trinajstić information content (AvgIpc) is 4.10. The van der Waals surface area contributed by atoms with Gasteiger partial charge in [-0.3, -0.25) is 4.98 Å². The number of pyridine rings is 1. The lowest BCUT2D eigenvalue weighted by molar-refractivity contribution is 0.889. The van der Waals surface area contributed by atoms with Gasteiger partial charge in [-0.1, -0.05) is 148 Å². The number of rotatable bonds is 5. The highest BCUT2D eigenvalue weighted by atomic mass is 15.3. The highest BCUT2D eigenvalue weighted by molar-refractivity contribution is 6.13. The molecule has 63 heavy (non-hydrogen) atoms. The topological polar surface area (TPSA) is 45.5 Å². The van der Waals surface area contributed by atoms with E-state index in [1.165, 1.54) is 38.7 Å². The van der Waals surface area contributed by atoms with Gasteiger partial charge in [0.25, 0.3) is 0 Å². The van der Waals surface area contributed by atoms with Crippen LogP contribution in [0.4, 0.5) is 0 Å². The first-order valence-electron chi connectivity index (χ1n) is 21.7. The Morgan fingerprint density at radius 1 is 0.413 bits per heavy atom. The third-order valence-electron chi connectivity index (χ3n) is 12.3. The molecule has 6 nitrogen and oxygen atoms in total. The predicted molar refractivity (Wildman–Crippen MR) is 263 cm³/mol. The van der Waals surface area contributed by atoms with Crippen LogP contribution in [0.15, 0.2) is 207 Å². The Morgan fingerprint density at radius 2 is 0.825 bits per heavy atom. The second-order valence-corrected chi connectivity index (χ2v) is 16.2. The van der Waals surface area contributed by atoms with Crippen LogP contribution in [-0.4, -0.2) is 28.5 Å². The molecule has 0 aliphatic heterocycles. The van der Waals surface area contributed by atoms with Crippen molar-refractivity contribution in [2.75, 3.05) is 0 Å². The molecule has 13 aromatic rings. The number of aromatic nitrogens is 6. The van der Waals surface area contributed by atoms with E-state index in [0.717, 1.165) is 77.9 Å². The predicted octanol–water partition coefficient (Wildman–Crippen LogP) is 14.8. The van der Waals surface area contributed by atoms with Gasteiger partial charge in [0, 0.05) is 61.9 Å². The van der Waals surface area contributed by atoms with Crippen LogP contribution in [0.5, 0.6) is 0 Å². The summed E-state index contributed by atoms with van der Waals surface area (Å²) in [4.78, 5) is 4.45. The Morgan fingerprint density at radius 3 is 1.24 bits per heavy atom. The van der Waals surface area contributed by atoms with Gasteiger partial charge in [0.15, 0.2) is 0 Å². The van der Waals surface area contributed by atoms with Crippen LogP contribution in [0.3, 0.4) is 0 Å². The number of hydrogen-bond donors (Lipinski definition) is 0. The quantitative estimate of drug-likeness (QED) is 0.174. The van der Waals surface area contributed by atoms with Crippen LogP contribution < -0.4 is 0 Å². The van der Waals surface area contributed by atoms with Crippen molar-refractivity contribution in [3.63, 3.8) is 0 Å². The molecular weight excluding hydrogens is 769 g/mol. The normalized spacial score (nSPS) is 11.7. The van der Waals surface area contributed by atoms with Crippen LogP contribution in [0, 0.1) is 0 Å². The summed E-state index contributed by atoms with van der Waals surface area (Å²) in [7, 11) is 0. The second kappa shape index (κ2) is 14.8. The first-order chi connectivity index (χ1) is 31.2. The Kier molecular flexibility index (Phi) is 8.57. The molecule has 0 amide bonds. The van der Waals surface area contributed by atoms with Crippen molar-refractivity contribution >= 4 is 76.3 Å². The summed E-state index contributed by atoms with van der Waals surface area (Å²) in [6, 6.07) is 67.9. The summed E-state index contributed by atoms with van der Waals surface area (Å²) in [6.07, 6.45) is 7.17. The Hall–Kier alpha value is -8.22. The van der Waals surface area contributed by atoms with Gasteiger partial charge in [-0.05, 0) is 66.2 Å². The fraction of sp³-hybridized carbons (Fsp3) is 0.0526. The molecule has 13 rings (SSSR count). The summed E-state index contributed by atoms with van der Waals surface area (Å²) >= 11 is 0. The summed E-state index contributed by atoms with van der Waals surface area (Å²) in [6.45, 7) is 4.25. The SMILES string of the molecule is CCC.c1cncc(-c2cccc3nn(-c4cc(-n5c6ccccc6c6ccccc65)c(-n5c6ccccc6c6ccccc65)c(-n5c6ccccc6c6ccccc65)c4)cc23)c1. The van der Waals surface area contributed by atoms with Gasteiger partial charge >= 0.3 is 0 Å². The molecule has 300 valence electrons. The highest BCUT2D eigenvalue weighted by Gasteiger charge is 2.26. The maximum absolute atomic E-state index is 5.33. The van der Waals surface area contributed by atoms with E-state index in [-0.39, 0.29) is 0 Å². The minimum absolute atomic E-state index is 0.916. The van der Waals surface area contributed by atoms with Crippen LogP contribution >= 0.6 is 0 Å². The molecule has 0 fully saturated rings. The maximum Gasteiger partial charge on any atom is 0.0948 e. The third kappa shape index (κ3) is 5.65. The fourth-order valence-corrected chi connectivity index (χ4v) is 9.77. The van der Waals surface area contributed by atoms with Crippen molar-refractivity contribution in [3.05, 3.63) is 207 Å². The van der Waals surface area contributed by atoms with Crippen molar-refractivity contribution in [1.29, 1.82) is 0 Å². The lowest BCUT2D eigenvalue weighted by Crippen LogP contribution is -2.11. The molecule has 0 N–H and O–H groups in total. The third-order valence-corrected chi connectivity index (χ3v) is 12.3. The monoisotopic (exact) mass is 810 g/mol. The zero-order valence-electron chi connectivity index (χ0n) is 35.0. The molecule has 0 bridgehead atoms. The maximum atomic E-state index is 5.33. The lowest BCUT2D eigenvalue weighted by Gasteiger charge is -2.23. The highest BCUT2D eigenvalue weighted by Crippen LogP contribution is 2.44. The van der Waals surface area contributed by atoms with Crippen molar-refractivity contribution in [2.45, 2.75) is 20.3 Å². The second-order valence-electron chi connectivity index (χ2n) is 16.2. The van der Waals surface area contributed by atoms with Crippen LogP contribution in [0.2, 0.25) is 0 Å². The van der Waals surface area contributed by atoms with Crippen molar-refractivity contribution in [2.24, 2.45) is 0 Å². The van der Waals surface area contributed by atoms with E-state index < -0.39 is 0 Å². The molecular formula is C57H42N6. The number of para-hydroxylation sites is 6. The average molecular weight is 811 g/mol. The molecule has 5 aromatic heterocycles. The molecule has 0 saturated carbocycles. The van der Waals surface area contributed by atoms with E-state index >= 15 is 0 Å². The molecule has 0 aliphatic rings. The molecule has 5 heterocycles. The number of fused-ring (bicyclic) bond motifs is 10. The number of benzene rings is 8. The van der Waals surface area contributed by atoms with Crippen molar-refractivity contribution < 1.29 is 0 Å². The molecule has 6 heteroatoms. The van der Waals surface area contributed by atoms with Gasteiger partial charge < -0.3 is 13.7 Å². The van der Waals surface area contributed by atoms with Crippen LogP contribution in [-0.2, 0) is 0 Å². The van der Waals surface area contributed by atoms with Gasteiger partial charge in [0.05, 0.1) is 61.4 Å². The molecule has 8 aromatic carbocycles. The molecule has 0 spiro atoms. The lowest BCUT2D eigenvalue weighted by atomic mass is 10.0. The summed E-state index contributed by atoms with van der Waals surface area (Å²) < 4.78 is 9.49. The smallest absolute Gasteiger partial charge is 0.0948 e. The van der Waals surface area contributed by atoms with E-state index in [1.807, 2.05) is 18.5 Å². The minimum atomic E-state index is 0.916. The molecule has 0 saturated heterocycles. The number of nitrogens with zero attached hydrogens (tertiary/aromatic N) is 6. The summed E-state index contributed by atoms with van der Waals surface area (Å²) in [5.41, 5.74) is 14.0. The fourth-order valence-electron chi connectivity index (χ4n) is 9.77. The Bertz CT molecular complexity index is 3570. The zero-order valence-corrected chi connectivity index (χ0v) is 35.0.